The Morgan fingerprint density at radius 1 is 1.15 bits per heavy atom. The van der Waals surface area contributed by atoms with Gasteiger partial charge in [-0.05, 0) is 38.4 Å². The summed E-state index contributed by atoms with van der Waals surface area (Å²) in [6.45, 7) is 5.17. The lowest BCUT2D eigenvalue weighted by Gasteiger charge is -2.26. The Morgan fingerprint density at radius 3 is 2.67 bits per heavy atom. The van der Waals surface area contributed by atoms with Gasteiger partial charge in [0, 0.05) is 50.1 Å². The van der Waals surface area contributed by atoms with Crippen LogP contribution >= 0.6 is 11.9 Å². The minimum absolute atomic E-state index is 0.313. The molecule has 0 aliphatic carbocycles. The van der Waals surface area contributed by atoms with Crippen LogP contribution in [0, 0.1) is 0 Å². The zero-order chi connectivity index (χ0) is 27.9. The van der Waals surface area contributed by atoms with Gasteiger partial charge in [-0.3, -0.25) is 4.79 Å². The summed E-state index contributed by atoms with van der Waals surface area (Å²) in [6, 6.07) is 13.4. The third-order valence-corrected chi connectivity index (χ3v) is 6.34. The van der Waals surface area contributed by atoms with Crippen molar-refractivity contribution in [2.24, 2.45) is 0 Å². The maximum absolute atomic E-state index is 12.3. The van der Waals surface area contributed by atoms with Crippen LogP contribution in [0.15, 0.2) is 61.3 Å². The summed E-state index contributed by atoms with van der Waals surface area (Å²) in [4.78, 5) is 25.5. The number of nitrogens with zero attached hydrogens (tertiary/aromatic N) is 6. The molecule has 2 aromatic carbocycles. The predicted molar refractivity (Wildman–Crippen MR) is 161 cm³/mol. The first-order valence-electron chi connectivity index (χ1n) is 12.2. The van der Waals surface area contributed by atoms with Crippen molar-refractivity contribution in [1.29, 1.82) is 0 Å². The van der Waals surface area contributed by atoms with Gasteiger partial charge in [-0.1, -0.05) is 30.7 Å². The van der Waals surface area contributed by atoms with Crippen LogP contribution in [-0.4, -0.2) is 78.2 Å². The van der Waals surface area contributed by atoms with Gasteiger partial charge in [-0.15, -0.1) is 5.10 Å². The molecule has 0 saturated carbocycles. The largest absolute Gasteiger partial charge is 0.494 e. The highest BCUT2D eigenvalue weighted by Crippen LogP contribution is 2.38. The average molecular weight is 548 g/mol. The molecular weight excluding hydrogens is 514 g/mol. The number of rotatable bonds is 12. The molecule has 0 bridgehead atoms. The minimum atomic E-state index is -0.313. The first-order valence-corrected chi connectivity index (χ1v) is 13.5. The summed E-state index contributed by atoms with van der Waals surface area (Å²) in [5.74, 6) is 1.95. The Morgan fingerprint density at radius 2 is 1.95 bits per heavy atom. The summed E-state index contributed by atoms with van der Waals surface area (Å²) in [7, 11) is 7.60. The second-order valence-electron chi connectivity index (χ2n) is 8.94. The lowest BCUT2D eigenvalue weighted by molar-refractivity contribution is -0.111. The Balaban J connectivity index is 1.71. The Hall–Kier alpha value is -4.29. The van der Waals surface area contributed by atoms with E-state index in [0.717, 1.165) is 35.5 Å². The molecule has 0 atom stereocenters. The summed E-state index contributed by atoms with van der Waals surface area (Å²) >= 11 is 1.47. The van der Waals surface area contributed by atoms with Gasteiger partial charge in [-0.25, -0.2) is 9.67 Å². The van der Waals surface area contributed by atoms with Crippen molar-refractivity contribution in [2.45, 2.75) is 0 Å². The number of ether oxygens (including phenoxy) is 1. The molecular formula is C27H33N9O2S. The van der Waals surface area contributed by atoms with Crippen LogP contribution in [0.3, 0.4) is 0 Å². The highest BCUT2D eigenvalue weighted by Gasteiger charge is 2.17. The van der Waals surface area contributed by atoms with Crippen LogP contribution in [-0.2, 0) is 4.79 Å². The molecule has 4 aromatic rings. The second kappa shape index (κ2) is 12.5. The second-order valence-corrected chi connectivity index (χ2v) is 9.55. The average Bonchev–Trinajstić information content (AvgIpc) is 3.30. The van der Waals surface area contributed by atoms with Crippen molar-refractivity contribution in [3.63, 3.8) is 0 Å². The van der Waals surface area contributed by atoms with Crippen molar-refractivity contribution >= 4 is 57.6 Å². The highest BCUT2D eigenvalue weighted by molar-refractivity contribution is 7.99. The van der Waals surface area contributed by atoms with E-state index in [0.29, 0.717) is 28.9 Å². The van der Waals surface area contributed by atoms with Crippen molar-refractivity contribution in [2.75, 3.05) is 67.9 Å². The van der Waals surface area contributed by atoms with Crippen molar-refractivity contribution in [1.82, 2.24) is 24.6 Å². The van der Waals surface area contributed by atoms with Crippen LogP contribution in [0.4, 0.5) is 28.8 Å². The number of amides is 1. The molecule has 4 rings (SSSR count). The van der Waals surface area contributed by atoms with Crippen molar-refractivity contribution < 1.29 is 9.53 Å². The number of hydrogen-bond acceptors (Lipinski definition) is 10. The molecule has 0 unspecified atom stereocenters. The van der Waals surface area contributed by atoms with Crippen LogP contribution in [0.25, 0.3) is 16.7 Å². The monoisotopic (exact) mass is 547 g/mol. The number of nitrogens with one attached hydrogen (secondary N) is 3. The third-order valence-electron chi connectivity index (χ3n) is 5.95. The maximum atomic E-state index is 12.3. The van der Waals surface area contributed by atoms with Crippen LogP contribution in [0.2, 0.25) is 0 Å². The van der Waals surface area contributed by atoms with Crippen LogP contribution in [0.5, 0.6) is 5.75 Å². The van der Waals surface area contributed by atoms with Gasteiger partial charge in [0.2, 0.25) is 11.9 Å². The first-order chi connectivity index (χ1) is 18.8. The molecule has 11 nitrogen and oxygen atoms in total. The summed E-state index contributed by atoms with van der Waals surface area (Å²) in [5.41, 5.74) is 2.91. The molecule has 0 aliphatic rings. The van der Waals surface area contributed by atoms with Crippen molar-refractivity contribution in [3.05, 3.63) is 61.3 Å². The van der Waals surface area contributed by atoms with E-state index < -0.39 is 0 Å². The minimum Gasteiger partial charge on any atom is -0.494 e. The van der Waals surface area contributed by atoms with E-state index in [2.05, 4.69) is 36.7 Å². The predicted octanol–water partition coefficient (Wildman–Crippen LogP) is 4.38. The van der Waals surface area contributed by atoms with Gasteiger partial charge < -0.3 is 29.9 Å². The molecule has 3 N–H and O–H groups in total. The lowest BCUT2D eigenvalue weighted by Crippen LogP contribution is -2.29. The zero-order valence-electron chi connectivity index (χ0n) is 22.7. The lowest BCUT2D eigenvalue weighted by atomic mass is 10.2. The number of anilines is 5. The van der Waals surface area contributed by atoms with Gasteiger partial charge >= 0.3 is 0 Å². The number of methoxy groups -OCH3 is 1. The SMILES string of the molecule is C=CC(=O)Nc1cc(Nc2nccc(-n3nc(NSC)c4ccccc43)n2)c(OC)cc1N(C)CCN(C)C. The molecule has 0 saturated heterocycles. The summed E-state index contributed by atoms with van der Waals surface area (Å²) in [6.07, 6.45) is 4.85. The van der Waals surface area contributed by atoms with E-state index in [-0.39, 0.29) is 5.91 Å². The zero-order valence-corrected chi connectivity index (χ0v) is 23.5. The van der Waals surface area contributed by atoms with E-state index in [1.807, 2.05) is 63.8 Å². The molecule has 39 heavy (non-hydrogen) atoms. The first kappa shape index (κ1) is 27.7. The van der Waals surface area contributed by atoms with E-state index in [4.69, 9.17) is 14.8 Å². The number of benzene rings is 2. The summed E-state index contributed by atoms with van der Waals surface area (Å²) < 4.78 is 10.7. The number of fused-ring (bicyclic) bond motifs is 1. The van der Waals surface area contributed by atoms with Gasteiger partial charge in [0.05, 0.1) is 29.7 Å². The standard InChI is InChI=1S/C27H33N9O2S/c1-7-25(37)29-19-16-20(23(38-5)17-22(19)35(4)15-14-34(2)3)30-27-28-13-12-24(31-27)36-21-11-9-8-10-18(21)26(32-36)33-39-6/h7-13,16-17H,1,14-15H2,2-6H3,(H,29,37)(H,32,33)(H,28,30,31). The molecule has 0 radical (unpaired) electrons. The molecule has 2 heterocycles. The quantitative estimate of drug-likeness (QED) is 0.174. The van der Waals surface area contributed by atoms with Gasteiger partial charge in [0.25, 0.3) is 0 Å². The van der Waals surface area contributed by atoms with Gasteiger partial charge in [0.15, 0.2) is 11.6 Å². The number of hydrogen-bond donors (Lipinski definition) is 3. The number of carbonyl (C=O) groups is 1. The fourth-order valence-corrected chi connectivity index (χ4v) is 4.31. The molecule has 0 aliphatic heterocycles. The van der Waals surface area contributed by atoms with E-state index >= 15 is 0 Å². The molecule has 204 valence electrons. The molecule has 2 aromatic heterocycles. The maximum Gasteiger partial charge on any atom is 0.247 e. The molecule has 0 spiro atoms. The molecule has 1 amide bonds. The number of para-hydroxylation sites is 1. The Kier molecular flexibility index (Phi) is 8.89. The van der Waals surface area contributed by atoms with E-state index in [9.17, 15) is 4.79 Å². The number of aromatic nitrogens is 4. The summed E-state index contributed by atoms with van der Waals surface area (Å²) in [5, 5.41) is 11.9. The van der Waals surface area contributed by atoms with Gasteiger partial charge in [0.1, 0.15) is 5.75 Å². The van der Waals surface area contributed by atoms with E-state index in [1.165, 1.54) is 18.0 Å². The fourth-order valence-electron chi connectivity index (χ4n) is 3.97. The van der Waals surface area contributed by atoms with Crippen molar-refractivity contribution in [3.8, 4) is 11.6 Å². The molecule has 12 heteroatoms. The third kappa shape index (κ3) is 6.41. The van der Waals surface area contributed by atoms with Gasteiger partial charge in [-0.2, -0.15) is 4.98 Å². The highest BCUT2D eigenvalue weighted by atomic mass is 32.2. The Labute approximate surface area is 232 Å². The number of likely N-dealkylation sites (N-methyl/N-ethyl adjacent to an activating group) is 2. The topological polar surface area (TPSA) is 112 Å². The normalized spacial score (nSPS) is 10.9. The molecule has 0 fully saturated rings. The smallest absolute Gasteiger partial charge is 0.247 e. The number of carbonyl (C=O) groups excluding carboxylic acids is 1. The van der Waals surface area contributed by atoms with E-state index in [1.54, 1.807) is 24.1 Å². The van der Waals surface area contributed by atoms with Crippen LogP contribution < -0.4 is 25.0 Å². The Bertz CT molecular complexity index is 1470. The fraction of sp³-hybridized carbons (Fsp3) is 0.259. The van der Waals surface area contributed by atoms with Crippen LogP contribution in [0.1, 0.15) is 0 Å².